The van der Waals surface area contributed by atoms with Gasteiger partial charge in [-0.05, 0) is 251 Å². The molecule has 406 valence electrons. The van der Waals surface area contributed by atoms with Crippen molar-refractivity contribution in [1.82, 2.24) is 0 Å². The Balaban J connectivity index is 1.10. The van der Waals surface area contributed by atoms with Crippen LogP contribution in [0, 0.1) is 83.1 Å². The molecule has 4 nitrogen and oxygen atoms in total. The van der Waals surface area contributed by atoms with Crippen LogP contribution in [0.2, 0.25) is 0 Å². The Morgan fingerprint density at radius 1 is 0.214 bits per heavy atom. The van der Waals surface area contributed by atoms with Gasteiger partial charge in [-0.2, -0.15) is 0 Å². The van der Waals surface area contributed by atoms with E-state index < -0.39 is 0 Å². The molecule has 6 heteroatoms. The lowest BCUT2D eigenvalue weighted by molar-refractivity contribution is 1.22. The van der Waals surface area contributed by atoms with Crippen LogP contribution < -0.4 is 52.4 Å². The van der Waals surface area contributed by atoms with E-state index in [1.54, 1.807) is 0 Å². The second-order valence-electron chi connectivity index (χ2n) is 25.0. The number of anilines is 12. The molecular formula is C78H68B2N4. The van der Waals surface area contributed by atoms with Crippen LogP contribution in [0.15, 0.2) is 194 Å². The second kappa shape index (κ2) is 19.2. The highest BCUT2D eigenvalue weighted by Crippen LogP contribution is 2.51. The quantitative estimate of drug-likeness (QED) is 0.154. The van der Waals surface area contributed by atoms with Gasteiger partial charge in [-0.25, -0.2) is 0 Å². The molecule has 84 heavy (non-hydrogen) atoms. The van der Waals surface area contributed by atoms with Crippen LogP contribution in [-0.2, 0) is 0 Å². The molecule has 11 aromatic carbocycles. The minimum absolute atomic E-state index is 0.101. The van der Waals surface area contributed by atoms with E-state index in [9.17, 15) is 0 Å². The van der Waals surface area contributed by atoms with E-state index in [2.05, 4.69) is 297 Å². The molecule has 0 spiro atoms. The number of benzene rings is 11. The zero-order valence-electron chi connectivity index (χ0n) is 50.4. The minimum atomic E-state index is -0.101. The summed E-state index contributed by atoms with van der Waals surface area (Å²) in [5, 5.41) is 0. The van der Waals surface area contributed by atoms with Crippen LogP contribution in [0.25, 0.3) is 22.3 Å². The fourth-order valence-corrected chi connectivity index (χ4v) is 15.2. The van der Waals surface area contributed by atoms with E-state index in [0.29, 0.717) is 0 Å². The minimum Gasteiger partial charge on any atom is -0.311 e. The van der Waals surface area contributed by atoms with Crippen molar-refractivity contribution in [3.63, 3.8) is 0 Å². The normalized spacial score (nSPS) is 13.3. The molecule has 0 bridgehead atoms. The second-order valence-corrected chi connectivity index (χ2v) is 25.0. The van der Waals surface area contributed by atoms with Crippen LogP contribution in [-0.4, -0.2) is 13.4 Å². The van der Waals surface area contributed by atoms with Crippen molar-refractivity contribution in [2.45, 2.75) is 83.1 Å². The molecule has 0 radical (unpaired) electrons. The zero-order chi connectivity index (χ0) is 57.7. The molecule has 0 aromatic heterocycles. The number of hydrogen-bond acceptors (Lipinski definition) is 4. The van der Waals surface area contributed by atoms with Crippen LogP contribution in [0.3, 0.4) is 0 Å². The summed E-state index contributed by atoms with van der Waals surface area (Å²) >= 11 is 0. The average Bonchev–Trinajstić information content (AvgIpc) is 0.735. The van der Waals surface area contributed by atoms with Gasteiger partial charge < -0.3 is 19.6 Å². The molecule has 0 saturated carbocycles. The number of nitrogens with zero attached hydrogens (tertiary/aromatic N) is 4. The molecular weight excluding hydrogens is 1010 g/mol. The van der Waals surface area contributed by atoms with Crippen molar-refractivity contribution in [3.05, 3.63) is 261 Å². The Bertz CT molecular complexity index is 4240. The molecule has 0 unspecified atom stereocenters. The predicted octanol–water partition coefficient (Wildman–Crippen LogP) is 16.9. The van der Waals surface area contributed by atoms with Crippen LogP contribution >= 0.6 is 0 Å². The van der Waals surface area contributed by atoms with E-state index in [4.69, 9.17) is 0 Å². The number of aryl methyl sites for hydroxylation is 12. The predicted molar refractivity (Wildman–Crippen MR) is 362 cm³/mol. The van der Waals surface area contributed by atoms with Gasteiger partial charge in [-0.3, -0.25) is 0 Å². The fourth-order valence-electron chi connectivity index (χ4n) is 15.2. The fraction of sp³-hybridized carbons (Fsp3) is 0.154. The van der Waals surface area contributed by atoms with Gasteiger partial charge in [-0.1, -0.05) is 148 Å². The van der Waals surface area contributed by atoms with Gasteiger partial charge in [0.15, 0.2) is 0 Å². The van der Waals surface area contributed by atoms with Crippen molar-refractivity contribution in [2.75, 3.05) is 19.6 Å². The number of rotatable bonds is 6. The SMILES string of the molecule is Cc1ccc(N2c3ccc(C)cc3B3c4cc5c(cc4N(c4ccc(C)cc4)c4cc(-c6c(C)cc(C)cc6C)cc2c43)N(c2ccc(C)cc2)c2cc(-c3c(C)cc(C)cc3C)cc3c2B5c2cc(C)ccc2N3c2ccc(C)cc2)cc1. The van der Waals surface area contributed by atoms with Crippen molar-refractivity contribution < 1.29 is 0 Å². The molecule has 0 aliphatic carbocycles. The van der Waals surface area contributed by atoms with Gasteiger partial charge in [-0.15, -0.1) is 0 Å². The third kappa shape index (κ3) is 7.97. The van der Waals surface area contributed by atoms with Crippen molar-refractivity contribution in [1.29, 1.82) is 0 Å². The summed E-state index contributed by atoms with van der Waals surface area (Å²) in [5.74, 6) is 0. The molecule has 4 aliphatic rings. The van der Waals surface area contributed by atoms with Crippen LogP contribution in [0.4, 0.5) is 68.2 Å². The van der Waals surface area contributed by atoms with Crippen molar-refractivity contribution >= 4 is 114 Å². The first-order valence-corrected chi connectivity index (χ1v) is 30.0. The highest BCUT2D eigenvalue weighted by Gasteiger charge is 2.49. The lowest BCUT2D eigenvalue weighted by Crippen LogP contribution is -2.65. The maximum atomic E-state index is 2.67. The maximum Gasteiger partial charge on any atom is 0.252 e. The summed E-state index contributed by atoms with van der Waals surface area (Å²) in [6.07, 6.45) is 0. The van der Waals surface area contributed by atoms with Crippen LogP contribution in [0.1, 0.15) is 66.8 Å². The molecule has 0 atom stereocenters. The molecule has 4 aliphatic heterocycles. The number of hydrogen-bond donors (Lipinski definition) is 0. The standard InChI is InChI=1S/C78H68B2N4/c1-45-13-23-59(24-14-45)81-67-31-21-49(5)37-63(67)79-65-43-66-70(44-69(65)83(61-27-17-47(3)18-28-61)73-41-57(39-71(81)77(73)79)75-53(9)33-51(7)34-54(75)10)84(62-29-19-48(4)20-30-62)74-42-58(76-55(11)35-52(8)36-56(76)12)40-72-78(74)80(66)64-38-50(6)22-32-68(64)82(72)60-25-15-46(2)16-26-60/h13-44H,1-12H3. The first-order valence-electron chi connectivity index (χ1n) is 30.0. The summed E-state index contributed by atoms with van der Waals surface area (Å²) < 4.78 is 0. The summed E-state index contributed by atoms with van der Waals surface area (Å²) in [5.41, 5.74) is 42.2. The highest BCUT2D eigenvalue weighted by atomic mass is 15.2. The Kier molecular flexibility index (Phi) is 11.8. The molecule has 11 aromatic rings. The third-order valence-corrected chi connectivity index (χ3v) is 18.7. The van der Waals surface area contributed by atoms with Crippen molar-refractivity contribution in [3.8, 4) is 22.3 Å². The average molecular weight is 1080 g/mol. The Hall–Kier alpha value is -9.25. The summed E-state index contributed by atoms with van der Waals surface area (Å²) in [4.78, 5) is 10.4. The Morgan fingerprint density at radius 2 is 0.476 bits per heavy atom. The summed E-state index contributed by atoms with van der Waals surface area (Å²) in [6, 6.07) is 76.0. The van der Waals surface area contributed by atoms with Gasteiger partial charge in [0.05, 0.1) is 0 Å². The first kappa shape index (κ1) is 51.6. The molecule has 0 saturated heterocycles. The van der Waals surface area contributed by atoms with E-state index in [1.807, 2.05) is 0 Å². The molecule has 0 fully saturated rings. The Labute approximate surface area is 497 Å². The molecule has 0 amide bonds. The van der Waals surface area contributed by atoms with E-state index in [0.717, 1.165) is 22.7 Å². The van der Waals surface area contributed by atoms with Gasteiger partial charge in [0.25, 0.3) is 13.4 Å². The van der Waals surface area contributed by atoms with Gasteiger partial charge in [0, 0.05) is 68.2 Å². The van der Waals surface area contributed by atoms with Crippen molar-refractivity contribution in [2.24, 2.45) is 0 Å². The molecule has 4 heterocycles. The Morgan fingerprint density at radius 3 is 0.774 bits per heavy atom. The topological polar surface area (TPSA) is 13.0 Å². The maximum absolute atomic E-state index is 2.67. The van der Waals surface area contributed by atoms with E-state index in [-0.39, 0.29) is 13.4 Å². The summed E-state index contributed by atoms with van der Waals surface area (Å²) in [6.45, 7) is 26.7. The summed E-state index contributed by atoms with van der Waals surface area (Å²) in [7, 11) is 0. The number of fused-ring (bicyclic) bond motifs is 8. The van der Waals surface area contributed by atoms with Gasteiger partial charge in [0.2, 0.25) is 0 Å². The smallest absolute Gasteiger partial charge is 0.252 e. The zero-order valence-corrected chi connectivity index (χ0v) is 50.4. The largest absolute Gasteiger partial charge is 0.311 e. The van der Waals surface area contributed by atoms with E-state index >= 15 is 0 Å². The lowest BCUT2D eigenvalue weighted by Gasteiger charge is -2.47. The first-order chi connectivity index (χ1) is 40.6. The molecule has 0 N–H and O–H groups in total. The third-order valence-electron chi connectivity index (χ3n) is 18.7. The monoisotopic (exact) mass is 1080 g/mol. The van der Waals surface area contributed by atoms with E-state index in [1.165, 1.54) is 167 Å². The van der Waals surface area contributed by atoms with Gasteiger partial charge in [0.1, 0.15) is 0 Å². The van der Waals surface area contributed by atoms with Gasteiger partial charge >= 0.3 is 0 Å². The highest BCUT2D eigenvalue weighted by molar-refractivity contribution is 7.03. The lowest BCUT2D eigenvalue weighted by atomic mass is 9.30. The van der Waals surface area contributed by atoms with Crippen LogP contribution in [0.5, 0.6) is 0 Å². The molecule has 15 rings (SSSR count).